The molecule has 0 bridgehead atoms. The summed E-state index contributed by atoms with van der Waals surface area (Å²) in [6.45, 7) is 2.42. The van der Waals surface area contributed by atoms with Gasteiger partial charge >= 0.3 is 11.8 Å². The van der Waals surface area contributed by atoms with Crippen LogP contribution in [0.15, 0.2) is 28.1 Å². The summed E-state index contributed by atoms with van der Waals surface area (Å²) in [6.07, 6.45) is 0.562. The molecule has 9 nitrogen and oxygen atoms in total. The lowest BCUT2D eigenvalue weighted by molar-refractivity contribution is 0.0909. The molecule has 0 aliphatic heterocycles. The fourth-order valence-corrected chi connectivity index (χ4v) is 2.74. The summed E-state index contributed by atoms with van der Waals surface area (Å²) in [6, 6.07) is 5.60. The molecule has 130 valence electrons. The number of nitrogens with one attached hydrogen (secondary N) is 3. The lowest BCUT2D eigenvalue weighted by atomic mass is 10.3. The van der Waals surface area contributed by atoms with Crippen LogP contribution >= 0.6 is 11.3 Å². The molecule has 3 N–H and O–H groups in total. The Balaban J connectivity index is 1.39. The molecular weight excluding hydrogens is 344 g/mol. The lowest BCUT2D eigenvalue weighted by Gasteiger charge is -2.03. The molecule has 2 amide bonds. The quantitative estimate of drug-likeness (QED) is 0.547. The fraction of sp³-hybridized carbons (Fsp3) is 0.267. The van der Waals surface area contributed by atoms with E-state index in [1.165, 1.54) is 0 Å². The third kappa shape index (κ3) is 4.29. The highest BCUT2D eigenvalue weighted by molar-refractivity contribution is 7.13. The van der Waals surface area contributed by atoms with Crippen LogP contribution in [0.2, 0.25) is 0 Å². The predicted octanol–water partition coefficient (Wildman–Crippen LogP) is 1.38. The number of aromatic nitrogens is 4. The molecule has 0 saturated heterocycles. The number of thiophene rings is 1. The van der Waals surface area contributed by atoms with Gasteiger partial charge in [0.1, 0.15) is 0 Å². The number of carbonyl (C=O) groups excluding carboxylic acids is 2. The topological polar surface area (TPSA) is 126 Å². The Hall–Kier alpha value is -3.01. The minimum Gasteiger partial charge on any atom is -0.351 e. The van der Waals surface area contributed by atoms with Gasteiger partial charge in [0, 0.05) is 13.1 Å². The molecule has 3 aromatic rings. The minimum absolute atomic E-state index is 0.0702. The van der Waals surface area contributed by atoms with E-state index in [0.29, 0.717) is 31.0 Å². The van der Waals surface area contributed by atoms with Crippen molar-refractivity contribution in [1.82, 2.24) is 31.0 Å². The molecular formula is C15H16N6O3S. The first kappa shape index (κ1) is 16.8. The molecule has 25 heavy (non-hydrogen) atoms. The molecule has 0 radical (unpaired) electrons. The van der Waals surface area contributed by atoms with Gasteiger partial charge in [0.25, 0.3) is 5.91 Å². The summed E-state index contributed by atoms with van der Waals surface area (Å²) in [7, 11) is 0. The van der Waals surface area contributed by atoms with Crippen LogP contribution < -0.4 is 10.6 Å². The number of rotatable bonds is 7. The van der Waals surface area contributed by atoms with Crippen LogP contribution in [0, 0.1) is 6.92 Å². The molecule has 0 unspecified atom stereocenters. The van der Waals surface area contributed by atoms with Crippen LogP contribution in [0.4, 0.5) is 0 Å². The maximum absolute atomic E-state index is 12.0. The second-order valence-electron chi connectivity index (χ2n) is 5.16. The Bertz CT molecular complexity index is 854. The van der Waals surface area contributed by atoms with Gasteiger partial charge in [-0.15, -0.1) is 11.3 Å². The van der Waals surface area contributed by atoms with Gasteiger partial charge in [0.05, 0.1) is 10.6 Å². The van der Waals surface area contributed by atoms with E-state index in [1.54, 1.807) is 24.3 Å². The van der Waals surface area contributed by atoms with Crippen molar-refractivity contribution in [3.63, 3.8) is 0 Å². The van der Waals surface area contributed by atoms with Crippen molar-refractivity contribution in [2.45, 2.75) is 13.3 Å². The molecule has 3 aromatic heterocycles. The van der Waals surface area contributed by atoms with Crippen molar-refractivity contribution >= 4 is 23.2 Å². The van der Waals surface area contributed by atoms with Gasteiger partial charge in [-0.1, -0.05) is 11.2 Å². The molecule has 0 aromatic carbocycles. The van der Waals surface area contributed by atoms with Gasteiger partial charge in [0.15, 0.2) is 11.5 Å². The van der Waals surface area contributed by atoms with Gasteiger partial charge in [0.2, 0.25) is 0 Å². The Morgan fingerprint density at radius 3 is 2.76 bits per heavy atom. The maximum Gasteiger partial charge on any atom is 0.315 e. The van der Waals surface area contributed by atoms with E-state index >= 15 is 0 Å². The average molecular weight is 360 g/mol. The Morgan fingerprint density at radius 1 is 1.28 bits per heavy atom. The van der Waals surface area contributed by atoms with Crippen LogP contribution in [-0.4, -0.2) is 45.2 Å². The molecule has 0 atom stereocenters. The van der Waals surface area contributed by atoms with Crippen molar-refractivity contribution in [2.24, 2.45) is 0 Å². The van der Waals surface area contributed by atoms with Crippen LogP contribution in [0.25, 0.3) is 10.6 Å². The molecule has 0 spiro atoms. The molecule has 3 heterocycles. The van der Waals surface area contributed by atoms with E-state index in [1.807, 2.05) is 17.5 Å². The Morgan fingerprint density at radius 2 is 2.08 bits per heavy atom. The van der Waals surface area contributed by atoms with Gasteiger partial charge in [-0.05, 0) is 30.9 Å². The third-order valence-corrected chi connectivity index (χ3v) is 4.15. The molecule has 0 aliphatic carbocycles. The fourth-order valence-electron chi connectivity index (χ4n) is 2.04. The number of aryl methyl sites for hydroxylation is 1. The SMILES string of the molecule is Cc1noc(C(=O)NCCCNC(=O)c2cc(-c3cccs3)[nH]n2)n1. The van der Waals surface area contributed by atoms with E-state index in [4.69, 9.17) is 4.52 Å². The van der Waals surface area contributed by atoms with E-state index in [0.717, 1.165) is 10.6 Å². The highest BCUT2D eigenvalue weighted by Crippen LogP contribution is 2.22. The Labute approximate surface area is 146 Å². The first-order valence-electron chi connectivity index (χ1n) is 7.59. The van der Waals surface area contributed by atoms with Crippen molar-refractivity contribution in [3.05, 3.63) is 41.0 Å². The molecule has 0 saturated carbocycles. The number of amides is 2. The van der Waals surface area contributed by atoms with Gasteiger partial charge in [-0.3, -0.25) is 14.7 Å². The Kier molecular flexibility index (Phi) is 5.19. The van der Waals surface area contributed by atoms with E-state index in [2.05, 4.69) is 31.0 Å². The van der Waals surface area contributed by atoms with Crippen molar-refractivity contribution in [2.75, 3.05) is 13.1 Å². The standard InChI is InChI=1S/C15H16N6O3S/c1-9-18-15(24-21-9)14(23)17-6-3-5-16-13(22)11-8-10(19-20-11)12-4-2-7-25-12/h2,4,7-8H,3,5-6H2,1H3,(H,16,22)(H,17,23)(H,19,20). The van der Waals surface area contributed by atoms with Crippen LogP contribution in [-0.2, 0) is 0 Å². The zero-order valence-electron chi connectivity index (χ0n) is 13.4. The number of nitrogens with zero attached hydrogens (tertiary/aromatic N) is 3. The minimum atomic E-state index is -0.431. The molecule has 10 heteroatoms. The lowest BCUT2D eigenvalue weighted by Crippen LogP contribution is -2.30. The third-order valence-electron chi connectivity index (χ3n) is 3.24. The smallest absolute Gasteiger partial charge is 0.315 e. The molecule has 3 rings (SSSR count). The number of aromatic amines is 1. The van der Waals surface area contributed by atoms with Gasteiger partial charge in [-0.2, -0.15) is 10.1 Å². The first-order chi connectivity index (χ1) is 12.1. The van der Waals surface area contributed by atoms with E-state index < -0.39 is 5.91 Å². The van der Waals surface area contributed by atoms with Crippen LogP contribution in [0.1, 0.15) is 33.4 Å². The van der Waals surface area contributed by atoms with Crippen molar-refractivity contribution < 1.29 is 14.1 Å². The zero-order chi connectivity index (χ0) is 17.6. The van der Waals surface area contributed by atoms with E-state index in [9.17, 15) is 9.59 Å². The largest absolute Gasteiger partial charge is 0.351 e. The number of hydrogen-bond acceptors (Lipinski definition) is 7. The summed E-state index contributed by atoms with van der Waals surface area (Å²) in [5, 5.41) is 17.8. The van der Waals surface area contributed by atoms with Gasteiger partial charge in [-0.25, -0.2) is 0 Å². The van der Waals surface area contributed by atoms with E-state index in [-0.39, 0.29) is 11.8 Å². The highest BCUT2D eigenvalue weighted by atomic mass is 32.1. The zero-order valence-corrected chi connectivity index (χ0v) is 14.2. The summed E-state index contributed by atoms with van der Waals surface area (Å²) in [5.41, 5.74) is 1.14. The number of H-pyrrole nitrogens is 1. The number of hydrogen-bond donors (Lipinski definition) is 3. The second-order valence-corrected chi connectivity index (χ2v) is 6.10. The van der Waals surface area contributed by atoms with Crippen LogP contribution in [0.3, 0.4) is 0 Å². The van der Waals surface area contributed by atoms with Crippen molar-refractivity contribution in [1.29, 1.82) is 0 Å². The van der Waals surface area contributed by atoms with Gasteiger partial charge < -0.3 is 15.2 Å². The summed E-state index contributed by atoms with van der Waals surface area (Å²) in [4.78, 5) is 28.6. The number of carbonyl (C=O) groups is 2. The highest BCUT2D eigenvalue weighted by Gasteiger charge is 2.13. The summed E-state index contributed by atoms with van der Waals surface area (Å²) in [5.74, 6) is -0.366. The first-order valence-corrected chi connectivity index (χ1v) is 8.47. The molecule has 0 aliphatic rings. The summed E-state index contributed by atoms with van der Waals surface area (Å²) >= 11 is 1.57. The normalized spacial score (nSPS) is 10.6. The van der Waals surface area contributed by atoms with Crippen molar-refractivity contribution in [3.8, 4) is 10.6 Å². The second kappa shape index (κ2) is 7.71. The summed E-state index contributed by atoms with van der Waals surface area (Å²) < 4.78 is 4.76. The monoisotopic (exact) mass is 360 g/mol. The average Bonchev–Trinajstić information content (AvgIpc) is 3.34. The predicted molar refractivity (Wildman–Crippen MR) is 90.2 cm³/mol. The molecule has 0 fully saturated rings. The van der Waals surface area contributed by atoms with Crippen LogP contribution in [0.5, 0.6) is 0 Å². The maximum atomic E-state index is 12.0.